The Morgan fingerprint density at radius 2 is 1.71 bits per heavy atom. The van der Waals surface area contributed by atoms with Crippen LogP contribution in [0.1, 0.15) is 61.1 Å². The Morgan fingerprint density at radius 3 is 2.42 bits per heavy atom. The van der Waals surface area contributed by atoms with Gasteiger partial charge in [-0.05, 0) is 60.9 Å². The number of hydrogen-bond acceptors (Lipinski definition) is 7. The highest BCUT2D eigenvalue weighted by Crippen LogP contribution is 2.26. The highest BCUT2D eigenvalue weighted by atomic mass is 32.1. The van der Waals surface area contributed by atoms with Gasteiger partial charge in [-0.25, -0.2) is 4.98 Å². The van der Waals surface area contributed by atoms with Crippen LogP contribution >= 0.6 is 11.3 Å². The average Bonchev–Trinajstić information content (AvgIpc) is 3.59. The molecule has 2 aromatic heterocycles. The third-order valence-corrected chi connectivity index (χ3v) is 6.85. The summed E-state index contributed by atoms with van der Waals surface area (Å²) in [4.78, 5) is 22.0. The highest BCUT2D eigenvalue weighted by Gasteiger charge is 2.13. The molecule has 2 heterocycles. The van der Waals surface area contributed by atoms with Crippen LogP contribution in [0.4, 0.5) is 0 Å². The minimum atomic E-state index is -0.738. The number of hydrogen-bond donors (Lipinski definition) is 1. The second-order valence-electron chi connectivity index (χ2n) is 8.92. The lowest BCUT2D eigenvalue weighted by Gasteiger charge is -2.08. The van der Waals surface area contributed by atoms with Crippen LogP contribution in [0.15, 0.2) is 81.7 Å². The molecule has 0 atom stereocenters. The van der Waals surface area contributed by atoms with E-state index in [1.54, 1.807) is 11.3 Å². The second kappa shape index (κ2) is 14.1. The molecule has 198 valence electrons. The van der Waals surface area contributed by atoms with Gasteiger partial charge in [-0.3, -0.25) is 4.79 Å². The predicted octanol–water partition coefficient (Wildman–Crippen LogP) is 7.64. The first kappa shape index (κ1) is 27.1. The van der Waals surface area contributed by atoms with Gasteiger partial charge in [0.1, 0.15) is 30.4 Å². The van der Waals surface area contributed by atoms with Crippen molar-refractivity contribution in [2.24, 2.45) is 5.16 Å². The molecular weight excluding hydrogens is 500 g/mol. The molecule has 4 aromatic rings. The van der Waals surface area contributed by atoms with Crippen molar-refractivity contribution in [3.8, 4) is 16.5 Å². The Balaban J connectivity index is 1.27. The predicted molar refractivity (Wildman–Crippen MR) is 148 cm³/mol. The number of nitrogens with zero attached hydrogens (tertiary/aromatic N) is 2. The topological polar surface area (TPSA) is 94.2 Å². The van der Waals surface area contributed by atoms with Crippen molar-refractivity contribution in [2.75, 3.05) is 0 Å². The van der Waals surface area contributed by atoms with Crippen LogP contribution in [0, 0.1) is 6.92 Å². The molecule has 1 N–H and O–H groups in total. The molecule has 0 amide bonds. The number of carboxylic acids is 1. The lowest BCUT2D eigenvalue weighted by atomic mass is 10.0. The van der Waals surface area contributed by atoms with Gasteiger partial charge in [0.2, 0.25) is 5.89 Å². The summed E-state index contributed by atoms with van der Waals surface area (Å²) in [7, 11) is 0. The zero-order valence-electron chi connectivity index (χ0n) is 21.5. The number of carbonyl (C=O) groups is 1. The van der Waals surface area contributed by atoms with E-state index < -0.39 is 5.97 Å². The molecule has 0 saturated heterocycles. The first-order valence-electron chi connectivity index (χ1n) is 12.8. The number of rotatable bonds is 15. The van der Waals surface area contributed by atoms with Crippen molar-refractivity contribution in [3.05, 3.63) is 94.7 Å². The van der Waals surface area contributed by atoms with Crippen molar-refractivity contribution in [1.82, 2.24) is 4.98 Å². The number of oxime groups is 1. The van der Waals surface area contributed by atoms with Crippen LogP contribution in [-0.2, 0) is 22.8 Å². The lowest BCUT2D eigenvalue weighted by molar-refractivity contribution is -0.137. The Bertz CT molecular complexity index is 1300. The van der Waals surface area contributed by atoms with Gasteiger partial charge in [0.05, 0.1) is 10.6 Å². The van der Waals surface area contributed by atoms with E-state index in [-0.39, 0.29) is 6.42 Å². The van der Waals surface area contributed by atoms with Gasteiger partial charge in [0.25, 0.3) is 0 Å². The van der Waals surface area contributed by atoms with Crippen LogP contribution in [0.5, 0.6) is 5.75 Å². The smallest absolute Gasteiger partial charge is 0.303 e. The molecule has 0 spiro atoms. The van der Waals surface area contributed by atoms with Gasteiger partial charge < -0.3 is 19.1 Å². The molecule has 0 saturated carbocycles. The van der Waals surface area contributed by atoms with Gasteiger partial charge in [-0.2, -0.15) is 0 Å². The molecular formula is C30H32N2O5S. The first-order valence-corrected chi connectivity index (χ1v) is 13.6. The number of aryl methyl sites for hydroxylation is 1. The molecule has 4 rings (SSSR count). The van der Waals surface area contributed by atoms with Gasteiger partial charge in [0.15, 0.2) is 0 Å². The maximum Gasteiger partial charge on any atom is 0.303 e. The van der Waals surface area contributed by atoms with Crippen molar-refractivity contribution in [3.63, 3.8) is 0 Å². The highest BCUT2D eigenvalue weighted by molar-refractivity contribution is 7.13. The molecule has 38 heavy (non-hydrogen) atoms. The third kappa shape index (κ3) is 8.31. The summed E-state index contributed by atoms with van der Waals surface area (Å²) in [6, 6.07) is 21.7. The molecule has 0 unspecified atom stereocenters. The summed E-state index contributed by atoms with van der Waals surface area (Å²) in [5, 5.41) is 15.2. The van der Waals surface area contributed by atoms with Crippen molar-refractivity contribution in [1.29, 1.82) is 0 Å². The summed E-state index contributed by atoms with van der Waals surface area (Å²) in [6.07, 6.45) is 4.50. The van der Waals surface area contributed by atoms with E-state index in [1.807, 2.05) is 79.0 Å². The summed E-state index contributed by atoms with van der Waals surface area (Å²) >= 11 is 1.59. The zero-order valence-corrected chi connectivity index (χ0v) is 22.3. The van der Waals surface area contributed by atoms with E-state index in [4.69, 9.17) is 19.1 Å². The average molecular weight is 533 g/mol. The largest absolute Gasteiger partial charge is 0.487 e. The molecule has 2 aromatic carbocycles. The fraction of sp³-hybridized carbons (Fsp3) is 0.300. The van der Waals surface area contributed by atoms with Crippen LogP contribution in [-0.4, -0.2) is 21.8 Å². The summed E-state index contributed by atoms with van der Waals surface area (Å²) in [6.45, 7) is 2.58. The van der Waals surface area contributed by atoms with Gasteiger partial charge in [-0.1, -0.05) is 66.5 Å². The summed E-state index contributed by atoms with van der Waals surface area (Å²) < 4.78 is 11.7. The van der Waals surface area contributed by atoms with Crippen LogP contribution < -0.4 is 4.74 Å². The molecule has 0 radical (unpaired) electrons. The second-order valence-corrected chi connectivity index (χ2v) is 9.86. The number of ether oxygens (including phenoxy) is 1. The minimum Gasteiger partial charge on any atom is -0.487 e. The number of thiophene rings is 1. The maximum atomic E-state index is 10.7. The van der Waals surface area contributed by atoms with Crippen molar-refractivity contribution in [2.45, 2.75) is 58.7 Å². The molecule has 0 bridgehead atoms. The van der Waals surface area contributed by atoms with Crippen molar-refractivity contribution >= 4 is 23.0 Å². The Morgan fingerprint density at radius 1 is 0.947 bits per heavy atom. The van der Waals surface area contributed by atoms with E-state index in [1.165, 1.54) is 0 Å². The minimum absolute atomic E-state index is 0.225. The monoisotopic (exact) mass is 532 g/mol. The van der Waals surface area contributed by atoms with E-state index in [9.17, 15) is 4.79 Å². The Hall–Kier alpha value is -3.91. The van der Waals surface area contributed by atoms with Crippen LogP contribution in [0.2, 0.25) is 0 Å². The van der Waals surface area contributed by atoms with Crippen LogP contribution in [0.25, 0.3) is 10.8 Å². The quantitative estimate of drug-likeness (QED) is 0.0960. The maximum absolute atomic E-state index is 10.7. The fourth-order valence-electron chi connectivity index (χ4n) is 3.88. The third-order valence-electron chi connectivity index (χ3n) is 5.99. The number of oxazole rings is 1. The van der Waals surface area contributed by atoms with Crippen LogP contribution in [0.3, 0.4) is 0 Å². The normalized spacial score (nSPS) is 11.4. The van der Waals surface area contributed by atoms with Gasteiger partial charge in [-0.15, -0.1) is 11.3 Å². The van der Waals surface area contributed by atoms with E-state index in [0.29, 0.717) is 25.5 Å². The fourth-order valence-corrected chi connectivity index (χ4v) is 4.53. The zero-order chi connectivity index (χ0) is 26.6. The molecule has 0 aliphatic rings. The number of aromatic nitrogens is 1. The molecule has 0 fully saturated rings. The molecule has 0 aliphatic heterocycles. The van der Waals surface area contributed by atoms with E-state index in [2.05, 4.69) is 10.1 Å². The number of carboxylic acid groups (broad SMARTS) is 1. The SMILES string of the molecule is Cc1oc(-c2cccs2)nc1COc1ccc(CON=C(CCCCCCC(=O)O)c2ccccc2)cc1. The number of benzene rings is 2. The molecule has 8 heteroatoms. The number of aliphatic carboxylic acids is 1. The lowest BCUT2D eigenvalue weighted by Crippen LogP contribution is -2.03. The summed E-state index contributed by atoms with van der Waals surface area (Å²) in [5.41, 5.74) is 3.70. The van der Waals surface area contributed by atoms with E-state index in [0.717, 1.165) is 64.6 Å². The molecule has 7 nitrogen and oxygen atoms in total. The Kier molecular flexibility index (Phi) is 10.1. The first-order chi connectivity index (χ1) is 18.6. The summed E-state index contributed by atoms with van der Waals surface area (Å²) in [5.74, 6) is 1.38. The molecule has 0 aliphatic carbocycles. The Labute approximate surface area is 226 Å². The van der Waals surface area contributed by atoms with Crippen molar-refractivity contribution < 1.29 is 23.9 Å². The van der Waals surface area contributed by atoms with Gasteiger partial charge in [0, 0.05) is 6.42 Å². The van der Waals surface area contributed by atoms with Gasteiger partial charge >= 0.3 is 5.97 Å². The number of unbranched alkanes of at least 4 members (excludes halogenated alkanes) is 3. The standard InChI is InChI=1S/C30H32N2O5S/c1-22-27(31-30(37-22)28-13-9-19-38-28)21-35-25-17-15-23(16-18-25)20-36-32-26(24-10-5-4-6-11-24)12-7-2-3-8-14-29(33)34/h4-6,9-11,13,15-19H,2-3,7-8,12,14,20-21H2,1H3,(H,33,34). The van der Waals surface area contributed by atoms with E-state index >= 15 is 0 Å².